The first kappa shape index (κ1) is 12.9. The molecule has 1 aliphatic rings. The standard InChI is InChI=1S/C14H18O4/c1-2-17-14-7-12(8-15)5-6-13(14)18-10-16-9-11-3-4-11/h5-8,11H,2-4,9-10H2,1H3. The van der Waals surface area contributed by atoms with Crippen molar-refractivity contribution >= 4 is 6.29 Å². The minimum Gasteiger partial charge on any atom is -0.490 e. The summed E-state index contributed by atoms with van der Waals surface area (Å²) in [5, 5.41) is 0. The molecule has 0 spiro atoms. The van der Waals surface area contributed by atoms with Crippen LogP contribution < -0.4 is 9.47 Å². The molecule has 0 unspecified atom stereocenters. The molecule has 4 nitrogen and oxygen atoms in total. The molecular weight excluding hydrogens is 232 g/mol. The normalized spacial score (nSPS) is 14.3. The second-order valence-corrected chi connectivity index (χ2v) is 4.33. The van der Waals surface area contributed by atoms with Gasteiger partial charge in [0.2, 0.25) is 0 Å². The molecule has 0 heterocycles. The fourth-order valence-corrected chi connectivity index (χ4v) is 1.59. The quantitative estimate of drug-likeness (QED) is 0.404. The summed E-state index contributed by atoms with van der Waals surface area (Å²) in [5.41, 5.74) is 0.574. The summed E-state index contributed by atoms with van der Waals surface area (Å²) in [6.07, 6.45) is 3.31. The van der Waals surface area contributed by atoms with E-state index in [1.165, 1.54) is 12.8 Å². The Kier molecular flexibility index (Phi) is 4.59. The smallest absolute Gasteiger partial charge is 0.189 e. The van der Waals surface area contributed by atoms with Gasteiger partial charge in [-0.2, -0.15) is 0 Å². The summed E-state index contributed by atoms with van der Waals surface area (Å²) in [7, 11) is 0. The van der Waals surface area contributed by atoms with Crippen LogP contribution in [0.3, 0.4) is 0 Å². The van der Waals surface area contributed by atoms with Crippen molar-refractivity contribution in [2.75, 3.05) is 20.0 Å². The summed E-state index contributed by atoms with van der Waals surface area (Å²) in [4.78, 5) is 10.7. The lowest BCUT2D eigenvalue weighted by Gasteiger charge is -2.12. The Bertz CT molecular complexity index is 399. The average Bonchev–Trinajstić information content (AvgIpc) is 3.20. The molecule has 1 aromatic rings. The lowest BCUT2D eigenvalue weighted by molar-refractivity contribution is 0.00840. The van der Waals surface area contributed by atoms with Crippen LogP contribution in [-0.2, 0) is 4.74 Å². The van der Waals surface area contributed by atoms with E-state index in [-0.39, 0.29) is 6.79 Å². The van der Waals surface area contributed by atoms with Crippen LogP contribution >= 0.6 is 0 Å². The summed E-state index contributed by atoms with van der Waals surface area (Å²) < 4.78 is 16.3. The second-order valence-electron chi connectivity index (χ2n) is 4.33. The molecule has 0 N–H and O–H groups in total. The van der Waals surface area contributed by atoms with Crippen LogP contribution in [0.5, 0.6) is 11.5 Å². The zero-order valence-corrected chi connectivity index (χ0v) is 10.6. The highest BCUT2D eigenvalue weighted by atomic mass is 16.7. The van der Waals surface area contributed by atoms with Crippen LogP contribution in [0.25, 0.3) is 0 Å². The maximum absolute atomic E-state index is 10.7. The van der Waals surface area contributed by atoms with Crippen LogP contribution in [0, 0.1) is 5.92 Å². The highest BCUT2D eigenvalue weighted by molar-refractivity contribution is 5.76. The summed E-state index contributed by atoms with van der Waals surface area (Å²) >= 11 is 0. The Hall–Kier alpha value is -1.55. The third-order valence-electron chi connectivity index (χ3n) is 2.75. The van der Waals surface area contributed by atoms with E-state index in [1.807, 2.05) is 6.92 Å². The number of benzene rings is 1. The van der Waals surface area contributed by atoms with E-state index in [1.54, 1.807) is 18.2 Å². The van der Waals surface area contributed by atoms with Gasteiger partial charge >= 0.3 is 0 Å². The molecule has 0 atom stereocenters. The van der Waals surface area contributed by atoms with Crippen molar-refractivity contribution in [3.63, 3.8) is 0 Å². The van der Waals surface area contributed by atoms with Gasteiger partial charge in [0.1, 0.15) is 6.29 Å². The molecule has 1 saturated carbocycles. The SMILES string of the molecule is CCOc1cc(C=O)ccc1OCOCC1CC1. The van der Waals surface area contributed by atoms with E-state index < -0.39 is 0 Å². The van der Waals surface area contributed by atoms with E-state index in [9.17, 15) is 4.79 Å². The number of aldehydes is 1. The van der Waals surface area contributed by atoms with Gasteiger partial charge in [0.25, 0.3) is 0 Å². The zero-order chi connectivity index (χ0) is 12.8. The van der Waals surface area contributed by atoms with Crippen molar-refractivity contribution in [1.29, 1.82) is 0 Å². The van der Waals surface area contributed by atoms with Gasteiger partial charge in [-0.05, 0) is 43.9 Å². The second kappa shape index (κ2) is 6.40. The Morgan fingerprint density at radius 3 is 2.78 bits per heavy atom. The Morgan fingerprint density at radius 1 is 1.28 bits per heavy atom. The van der Waals surface area contributed by atoms with Gasteiger partial charge in [-0.1, -0.05) is 0 Å². The van der Waals surface area contributed by atoms with Crippen LogP contribution in [0.4, 0.5) is 0 Å². The van der Waals surface area contributed by atoms with E-state index in [0.29, 0.717) is 23.7 Å². The molecule has 18 heavy (non-hydrogen) atoms. The van der Waals surface area contributed by atoms with Gasteiger partial charge in [0, 0.05) is 5.56 Å². The average molecular weight is 250 g/mol. The van der Waals surface area contributed by atoms with Crippen molar-refractivity contribution in [2.24, 2.45) is 5.92 Å². The molecule has 0 saturated heterocycles. The number of ether oxygens (including phenoxy) is 3. The Morgan fingerprint density at radius 2 is 2.11 bits per heavy atom. The fourth-order valence-electron chi connectivity index (χ4n) is 1.59. The van der Waals surface area contributed by atoms with E-state index in [0.717, 1.165) is 18.8 Å². The molecular formula is C14H18O4. The summed E-state index contributed by atoms with van der Waals surface area (Å²) in [6, 6.07) is 5.10. The number of hydrogen-bond donors (Lipinski definition) is 0. The lowest BCUT2D eigenvalue weighted by atomic mass is 10.2. The van der Waals surface area contributed by atoms with Crippen molar-refractivity contribution in [1.82, 2.24) is 0 Å². The number of rotatable bonds is 8. The van der Waals surface area contributed by atoms with Gasteiger partial charge in [-0.15, -0.1) is 0 Å². The first-order valence-corrected chi connectivity index (χ1v) is 6.26. The summed E-state index contributed by atoms with van der Waals surface area (Å²) in [5.74, 6) is 1.91. The third-order valence-corrected chi connectivity index (χ3v) is 2.75. The molecule has 1 aliphatic carbocycles. The van der Waals surface area contributed by atoms with Crippen molar-refractivity contribution in [2.45, 2.75) is 19.8 Å². The molecule has 0 amide bonds. The monoisotopic (exact) mass is 250 g/mol. The third kappa shape index (κ3) is 3.74. The van der Waals surface area contributed by atoms with Gasteiger partial charge in [-0.25, -0.2) is 0 Å². The maximum atomic E-state index is 10.7. The molecule has 2 rings (SSSR count). The predicted molar refractivity (Wildman–Crippen MR) is 67.2 cm³/mol. The summed E-state index contributed by atoms with van der Waals surface area (Å²) in [6.45, 7) is 3.40. The van der Waals surface area contributed by atoms with Crippen molar-refractivity contribution in [3.8, 4) is 11.5 Å². The molecule has 0 bridgehead atoms. The van der Waals surface area contributed by atoms with E-state index >= 15 is 0 Å². The Labute approximate surface area is 107 Å². The van der Waals surface area contributed by atoms with Gasteiger partial charge in [0.15, 0.2) is 18.3 Å². The van der Waals surface area contributed by atoms with Crippen LogP contribution in [0.1, 0.15) is 30.1 Å². The lowest BCUT2D eigenvalue weighted by Crippen LogP contribution is -2.06. The molecule has 1 aromatic carbocycles. The van der Waals surface area contributed by atoms with Crippen molar-refractivity contribution in [3.05, 3.63) is 23.8 Å². The maximum Gasteiger partial charge on any atom is 0.189 e. The van der Waals surface area contributed by atoms with Gasteiger partial charge in [0.05, 0.1) is 13.2 Å². The topological polar surface area (TPSA) is 44.8 Å². The molecule has 0 radical (unpaired) electrons. The molecule has 1 fully saturated rings. The van der Waals surface area contributed by atoms with Crippen molar-refractivity contribution < 1.29 is 19.0 Å². The van der Waals surface area contributed by atoms with Crippen LogP contribution in [-0.4, -0.2) is 26.3 Å². The highest BCUT2D eigenvalue weighted by Crippen LogP contribution is 2.30. The first-order valence-electron chi connectivity index (χ1n) is 6.26. The Balaban J connectivity index is 1.89. The van der Waals surface area contributed by atoms with E-state index in [2.05, 4.69) is 0 Å². The van der Waals surface area contributed by atoms with Crippen LogP contribution in [0.15, 0.2) is 18.2 Å². The van der Waals surface area contributed by atoms with Gasteiger partial charge < -0.3 is 14.2 Å². The molecule has 4 heteroatoms. The number of carbonyl (C=O) groups excluding carboxylic acids is 1. The van der Waals surface area contributed by atoms with Gasteiger partial charge in [-0.3, -0.25) is 4.79 Å². The first-order chi connectivity index (χ1) is 8.83. The number of carbonyl (C=O) groups is 1. The number of hydrogen-bond acceptors (Lipinski definition) is 4. The van der Waals surface area contributed by atoms with E-state index in [4.69, 9.17) is 14.2 Å². The minimum atomic E-state index is 0.219. The highest BCUT2D eigenvalue weighted by Gasteiger charge is 2.21. The predicted octanol–water partition coefficient (Wildman–Crippen LogP) is 2.66. The fraction of sp³-hybridized carbons (Fsp3) is 0.500. The molecule has 98 valence electrons. The zero-order valence-electron chi connectivity index (χ0n) is 10.6. The largest absolute Gasteiger partial charge is 0.490 e. The molecule has 0 aliphatic heterocycles. The van der Waals surface area contributed by atoms with Crippen LogP contribution in [0.2, 0.25) is 0 Å². The minimum absolute atomic E-state index is 0.219. The molecule has 0 aromatic heterocycles.